The van der Waals surface area contributed by atoms with E-state index in [-0.39, 0.29) is 0 Å². The number of aromatic nitrogens is 2. The molecule has 20 heavy (non-hydrogen) atoms. The van der Waals surface area contributed by atoms with Crippen LogP contribution < -0.4 is 5.73 Å². The third-order valence-electron chi connectivity index (χ3n) is 2.70. The summed E-state index contributed by atoms with van der Waals surface area (Å²) < 4.78 is 0. The van der Waals surface area contributed by atoms with Gasteiger partial charge in [0, 0.05) is 27.9 Å². The standard InChI is InChI=1S/C15H13N3S2/c16-11-4-6-13(7-5-11)19-9-12-10-20-15(18-12)14-3-1-2-8-17-14/h1-8,10H,9,16H2. The summed E-state index contributed by atoms with van der Waals surface area (Å²) in [5.41, 5.74) is 8.48. The fraction of sp³-hybridized carbons (Fsp3) is 0.0667. The number of hydrogen-bond donors (Lipinski definition) is 1. The predicted octanol–water partition coefficient (Wildman–Crippen LogP) is 4.08. The Bertz CT molecular complexity index is 678. The summed E-state index contributed by atoms with van der Waals surface area (Å²) in [7, 11) is 0. The first-order chi connectivity index (χ1) is 9.81. The van der Waals surface area contributed by atoms with Crippen molar-refractivity contribution in [3.63, 3.8) is 0 Å². The van der Waals surface area contributed by atoms with Crippen LogP contribution in [0, 0.1) is 0 Å². The number of hydrogen-bond acceptors (Lipinski definition) is 5. The minimum atomic E-state index is 0.792. The van der Waals surface area contributed by atoms with Gasteiger partial charge >= 0.3 is 0 Å². The maximum Gasteiger partial charge on any atom is 0.142 e. The molecule has 3 nitrogen and oxygen atoms in total. The zero-order valence-corrected chi connectivity index (χ0v) is 12.3. The second kappa shape index (κ2) is 6.07. The van der Waals surface area contributed by atoms with Crippen LogP contribution in [0.1, 0.15) is 5.69 Å². The van der Waals surface area contributed by atoms with Gasteiger partial charge in [0.05, 0.1) is 11.4 Å². The molecule has 2 heterocycles. The number of rotatable bonds is 4. The van der Waals surface area contributed by atoms with E-state index >= 15 is 0 Å². The first-order valence-electron chi connectivity index (χ1n) is 6.15. The average Bonchev–Trinajstić information content (AvgIpc) is 2.97. The van der Waals surface area contributed by atoms with E-state index in [0.717, 1.165) is 27.8 Å². The van der Waals surface area contributed by atoms with E-state index in [2.05, 4.69) is 15.3 Å². The van der Waals surface area contributed by atoms with Crippen molar-refractivity contribution in [2.24, 2.45) is 0 Å². The lowest BCUT2D eigenvalue weighted by Gasteiger charge is -1.99. The van der Waals surface area contributed by atoms with E-state index in [1.165, 1.54) is 4.90 Å². The van der Waals surface area contributed by atoms with Crippen molar-refractivity contribution in [1.82, 2.24) is 9.97 Å². The summed E-state index contributed by atoms with van der Waals surface area (Å²) in [6.45, 7) is 0. The number of thioether (sulfide) groups is 1. The molecule has 0 unspecified atom stereocenters. The fourth-order valence-electron chi connectivity index (χ4n) is 1.70. The van der Waals surface area contributed by atoms with Gasteiger partial charge in [-0.25, -0.2) is 4.98 Å². The van der Waals surface area contributed by atoms with E-state index in [1.54, 1.807) is 29.3 Å². The maximum absolute atomic E-state index is 5.67. The normalized spacial score (nSPS) is 10.6. The highest BCUT2D eigenvalue weighted by Gasteiger charge is 2.05. The Morgan fingerprint density at radius 1 is 1.10 bits per heavy atom. The molecule has 0 saturated carbocycles. The van der Waals surface area contributed by atoms with E-state index in [1.807, 2.05) is 42.5 Å². The van der Waals surface area contributed by atoms with Crippen molar-refractivity contribution >= 4 is 28.8 Å². The van der Waals surface area contributed by atoms with Crippen molar-refractivity contribution in [3.05, 3.63) is 59.7 Å². The Morgan fingerprint density at radius 3 is 2.70 bits per heavy atom. The molecule has 3 rings (SSSR count). The smallest absolute Gasteiger partial charge is 0.142 e. The number of anilines is 1. The number of nitrogens with zero attached hydrogens (tertiary/aromatic N) is 2. The molecule has 0 aliphatic rings. The van der Waals surface area contributed by atoms with Crippen molar-refractivity contribution in [3.8, 4) is 10.7 Å². The highest BCUT2D eigenvalue weighted by atomic mass is 32.2. The van der Waals surface area contributed by atoms with Crippen LogP contribution in [-0.2, 0) is 5.75 Å². The molecule has 0 bridgehead atoms. The first kappa shape index (κ1) is 13.1. The van der Waals surface area contributed by atoms with Gasteiger partial charge < -0.3 is 5.73 Å². The molecular weight excluding hydrogens is 286 g/mol. The predicted molar refractivity (Wildman–Crippen MR) is 85.8 cm³/mol. The molecule has 0 aliphatic carbocycles. The quantitative estimate of drug-likeness (QED) is 0.582. The Kier molecular flexibility index (Phi) is 3.99. The third-order valence-corrected chi connectivity index (χ3v) is 4.66. The molecule has 0 fully saturated rings. The molecule has 5 heteroatoms. The van der Waals surface area contributed by atoms with Crippen molar-refractivity contribution in [1.29, 1.82) is 0 Å². The molecule has 0 amide bonds. The number of nitrogens with two attached hydrogens (primary N) is 1. The summed E-state index contributed by atoms with van der Waals surface area (Å²) in [6, 6.07) is 13.8. The van der Waals surface area contributed by atoms with E-state index in [4.69, 9.17) is 5.73 Å². The summed E-state index contributed by atoms with van der Waals surface area (Å²) in [5, 5.41) is 3.06. The largest absolute Gasteiger partial charge is 0.399 e. The first-order valence-corrected chi connectivity index (χ1v) is 8.02. The molecule has 3 aromatic rings. The monoisotopic (exact) mass is 299 g/mol. The molecular formula is C15H13N3S2. The van der Waals surface area contributed by atoms with Gasteiger partial charge in [-0.3, -0.25) is 4.98 Å². The fourth-order valence-corrected chi connectivity index (χ4v) is 3.39. The number of pyridine rings is 1. The van der Waals surface area contributed by atoms with Crippen LogP contribution in [-0.4, -0.2) is 9.97 Å². The van der Waals surface area contributed by atoms with Gasteiger partial charge in [0.2, 0.25) is 0 Å². The van der Waals surface area contributed by atoms with Crippen LogP contribution in [0.2, 0.25) is 0 Å². The van der Waals surface area contributed by atoms with Crippen LogP contribution in [0.4, 0.5) is 5.69 Å². The minimum Gasteiger partial charge on any atom is -0.399 e. The molecule has 0 spiro atoms. The van der Waals surface area contributed by atoms with Crippen LogP contribution in [0.5, 0.6) is 0 Å². The zero-order chi connectivity index (χ0) is 13.8. The lowest BCUT2D eigenvalue weighted by atomic mass is 10.3. The number of thiazole rings is 1. The summed E-state index contributed by atoms with van der Waals surface area (Å²) >= 11 is 3.39. The van der Waals surface area contributed by atoms with Crippen LogP contribution in [0.15, 0.2) is 58.9 Å². The molecule has 0 atom stereocenters. The Hall–Kier alpha value is -1.85. The maximum atomic E-state index is 5.67. The highest BCUT2D eigenvalue weighted by Crippen LogP contribution is 2.27. The molecule has 0 radical (unpaired) electrons. The Labute approximate surface area is 125 Å². The van der Waals surface area contributed by atoms with Crippen molar-refractivity contribution in [2.45, 2.75) is 10.6 Å². The molecule has 100 valence electrons. The molecule has 0 aliphatic heterocycles. The topological polar surface area (TPSA) is 51.8 Å². The van der Waals surface area contributed by atoms with Gasteiger partial charge in [0.25, 0.3) is 0 Å². The van der Waals surface area contributed by atoms with E-state index < -0.39 is 0 Å². The molecule has 2 N–H and O–H groups in total. The van der Waals surface area contributed by atoms with Gasteiger partial charge in [-0.05, 0) is 36.4 Å². The molecule has 2 aromatic heterocycles. The van der Waals surface area contributed by atoms with Gasteiger partial charge in [0.15, 0.2) is 0 Å². The van der Waals surface area contributed by atoms with Crippen LogP contribution in [0.3, 0.4) is 0 Å². The number of nitrogen functional groups attached to an aromatic ring is 1. The van der Waals surface area contributed by atoms with Gasteiger partial charge in [-0.15, -0.1) is 23.1 Å². The summed E-state index contributed by atoms with van der Waals surface area (Å²) in [6.07, 6.45) is 1.79. The molecule has 1 aromatic carbocycles. The van der Waals surface area contributed by atoms with E-state index in [0.29, 0.717) is 0 Å². The van der Waals surface area contributed by atoms with Crippen molar-refractivity contribution in [2.75, 3.05) is 5.73 Å². The zero-order valence-electron chi connectivity index (χ0n) is 10.7. The van der Waals surface area contributed by atoms with Gasteiger partial charge in [-0.2, -0.15) is 0 Å². The second-order valence-corrected chi connectivity index (χ2v) is 6.12. The number of benzene rings is 1. The van der Waals surface area contributed by atoms with Crippen molar-refractivity contribution < 1.29 is 0 Å². The lowest BCUT2D eigenvalue weighted by Crippen LogP contribution is -1.85. The Balaban J connectivity index is 1.67. The third kappa shape index (κ3) is 3.18. The lowest BCUT2D eigenvalue weighted by molar-refractivity contribution is 1.21. The molecule has 0 saturated heterocycles. The minimum absolute atomic E-state index is 0.792. The van der Waals surface area contributed by atoms with Gasteiger partial charge in [-0.1, -0.05) is 6.07 Å². The Morgan fingerprint density at radius 2 is 1.95 bits per heavy atom. The second-order valence-electron chi connectivity index (χ2n) is 4.22. The van der Waals surface area contributed by atoms with Crippen LogP contribution >= 0.6 is 23.1 Å². The summed E-state index contributed by atoms with van der Waals surface area (Å²) in [4.78, 5) is 10.1. The highest BCUT2D eigenvalue weighted by molar-refractivity contribution is 7.98. The van der Waals surface area contributed by atoms with Gasteiger partial charge in [0.1, 0.15) is 5.01 Å². The summed E-state index contributed by atoms with van der Waals surface area (Å²) in [5.74, 6) is 0.854. The average molecular weight is 299 g/mol. The SMILES string of the molecule is Nc1ccc(SCc2csc(-c3ccccn3)n2)cc1. The van der Waals surface area contributed by atoms with E-state index in [9.17, 15) is 0 Å². The van der Waals surface area contributed by atoms with Crippen LogP contribution in [0.25, 0.3) is 10.7 Å².